The number of benzene rings is 2. The Hall–Kier alpha value is -3.23. The van der Waals surface area contributed by atoms with Crippen LogP contribution < -0.4 is 14.4 Å². The number of thioether (sulfide) groups is 1. The lowest BCUT2D eigenvalue weighted by atomic mass is 10.3. The van der Waals surface area contributed by atoms with Crippen molar-refractivity contribution in [3.63, 3.8) is 0 Å². The van der Waals surface area contributed by atoms with E-state index in [1.165, 1.54) is 50.6 Å². The topological polar surface area (TPSA) is 128 Å². The quantitative estimate of drug-likeness (QED) is 0.241. The van der Waals surface area contributed by atoms with E-state index in [1.807, 2.05) is 0 Å². The number of aromatic nitrogens is 2. The van der Waals surface area contributed by atoms with Crippen molar-refractivity contribution in [1.82, 2.24) is 10.2 Å². The van der Waals surface area contributed by atoms with Gasteiger partial charge in [-0.15, -0.1) is 10.2 Å². The smallest absolute Gasteiger partial charge is 0.316 e. The number of anilines is 2. The van der Waals surface area contributed by atoms with Gasteiger partial charge in [0, 0.05) is 0 Å². The molecule has 34 heavy (non-hydrogen) atoms. The predicted molar refractivity (Wildman–Crippen MR) is 125 cm³/mol. The fraction of sp³-hybridized carbons (Fsp3) is 0.200. The molecular formula is C20H19FN4O6S3. The highest BCUT2D eigenvalue weighted by Crippen LogP contribution is 2.27. The van der Waals surface area contributed by atoms with Crippen molar-refractivity contribution in [3.8, 4) is 5.75 Å². The molecule has 1 heterocycles. The monoisotopic (exact) mass is 526 g/mol. The van der Waals surface area contributed by atoms with Crippen LogP contribution in [0.15, 0.2) is 57.8 Å². The van der Waals surface area contributed by atoms with Crippen molar-refractivity contribution in [3.05, 3.63) is 54.3 Å². The SMILES string of the molecule is COC(=O)CSc1nnc(NC(=O)CN(c2ccc(F)cc2)S(=O)(=O)c2ccc(OC)cc2)s1. The van der Waals surface area contributed by atoms with Crippen molar-refractivity contribution < 1.29 is 31.9 Å². The number of rotatable bonds is 10. The zero-order valence-electron chi connectivity index (χ0n) is 17.9. The van der Waals surface area contributed by atoms with Crippen LogP contribution >= 0.6 is 23.1 Å². The number of halogens is 1. The molecule has 0 radical (unpaired) electrons. The van der Waals surface area contributed by atoms with Crippen LogP contribution in [0.1, 0.15) is 0 Å². The van der Waals surface area contributed by atoms with Gasteiger partial charge in [-0.1, -0.05) is 23.1 Å². The van der Waals surface area contributed by atoms with Gasteiger partial charge in [-0.3, -0.25) is 19.2 Å². The van der Waals surface area contributed by atoms with Gasteiger partial charge in [0.05, 0.1) is 30.6 Å². The Morgan fingerprint density at radius 3 is 2.38 bits per heavy atom. The summed E-state index contributed by atoms with van der Waals surface area (Å²) in [6.45, 7) is -0.607. The maximum atomic E-state index is 13.4. The molecule has 1 aromatic heterocycles. The minimum Gasteiger partial charge on any atom is -0.497 e. The molecule has 0 aliphatic heterocycles. The van der Waals surface area contributed by atoms with E-state index < -0.39 is 34.3 Å². The molecule has 0 aliphatic rings. The van der Waals surface area contributed by atoms with Gasteiger partial charge in [-0.25, -0.2) is 12.8 Å². The van der Waals surface area contributed by atoms with Crippen LogP contribution in [0.3, 0.4) is 0 Å². The lowest BCUT2D eigenvalue weighted by molar-refractivity contribution is -0.137. The van der Waals surface area contributed by atoms with E-state index in [1.54, 1.807) is 0 Å². The number of carbonyl (C=O) groups is 2. The van der Waals surface area contributed by atoms with E-state index in [0.717, 1.165) is 39.5 Å². The molecule has 0 atom stereocenters. The molecule has 0 saturated heterocycles. The average Bonchev–Trinajstić information content (AvgIpc) is 3.28. The van der Waals surface area contributed by atoms with Crippen molar-refractivity contribution in [2.75, 3.05) is 36.1 Å². The summed E-state index contributed by atoms with van der Waals surface area (Å²) in [7, 11) is -1.47. The second-order valence-electron chi connectivity index (χ2n) is 6.45. The number of methoxy groups -OCH3 is 2. The molecule has 14 heteroatoms. The van der Waals surface area contributed by atoms with E-state index >= 15 is 0 Å². The van der Waals surface area contributed by atoms with E-state index in [4.69, 9.17) is 4.74 Å². The lowest BCUT2D eigenvalue weighted by Gasteiger charge is -2.24. The maximum Gasteiger partial charge on any atom is 0.316 e. The van der Waals surface area contributed by atoms with E-state index in [-0.39, 0.29) is 21.5 Å². The Kier molecular flexibility index (Phi) is 8.41. The molecule has 0 fully saturated rings. The Balaban J connectivity index is 1.80. The molecule has 1 amide bonds. The fourth-order valence-corrected chi connectivity index (χ4v) is 5.61. The van der Waals surface area contributed by atoms with Crippen LogP contribution in [0, 0.1) is 5.82 Å². The first-order valence-corrected chi connectivity index (χ1v) is 12.7. The van der Waals surface area contributed by atoms with Gasteiger partial charge in [0.25, 0.3) is 10.0 Å². The van der Waals surface area contributed by atoms with E-state index in [2.05, 4.69) is 20.3 Å². The zero-order chi connectivity index (χ0) is 24.7. The molecule has 0 bridgehead atoms. The molecule has 180 valence electrons. The fourth-order valence-electron chi connectivity index (χ4n) is 2.58. The summed E-state index contributed by atoms with van der Waals surface area (Å²) in [6.07, 6.45) is 0. The Labute approximate surface area is 203 Å². The number of carbonyl (C=O) groups excluding carboxylic acids is 2. The second-order valence-corrected chi connectivity index (χ2v) is 10.5. The predicted octanol–water partition coefficient (Wildman–Crippen LogP) is 2.78. The molecule has 0 aliphatic carbocycles. The van der Waals surface area contributed by atoms with Crippen LogP contribution in [0.25, 0.3) is 0 Å². The summed E-state index contributed by atoms with van der Waals surface area (Å²) in [5, 5.41) is 10.3. The number of nitrogens with zero attached hydrogens (tertiary/aromatic N) is 3. The third kappa shape index (κ3) is 6.42. The third-order valence-corrected chi connectivity index (χ3v) is 7.98. The normalized spacial score (nSPS) is 11.0. The Bertz CT molecular complexity index is 1250. The third-order valence-electron chi connectivity index (χ3n) is 4.24. The minimum atomic E-state index is -4.19. The van der Waals surface area contributed by atoms with Gasteiger partial charge in [-0.2, -0.15) is 0 Å². The van der Waals surface area contributed by atoms with Crippen molar-refractivity contribution in [2.24, 2.45) is 0 Å². The van der Waals surface area contributed by atoms with Crippen molar-refractivity contribution in [2.45, 2.75) is 9.24 Å². The second kappa shape index (κ2) is 11.3. The largest absolute Gasteiger partial charge is 0.497 e. The van der Waals surface area contributed by atoms with Crippen molar-refractivity contribution >= 4 is 55.8 Å². The van der Waals surface area contributed by atoms with Gasteiger partial charge >= 0.3 is 5.97 Å². The zero-order valence-corrected chi connectivity index (χ0v) is 20.4. The summed E-state index contributed by atoms with van der Waals surface area (Å²) in [5.74, 6) is -1.20. The highest BCUT2D eigenvalue weighted by molar-refractivity contribution is 8.01. The van der Waals surface area contributed by atoms with Gasteiger partial charge < -0.3 is 9.47 Å². The summed E-state index contributed by atoms with van der Waals surface area (Å²) in [6, 6.07) is 10.4. The first-order valence-electron chi connectivity index (χ1n) is 9.48. The van der Waals surface area contributed by atoms with Crippen LogP contribution in [-0.2, 0) is 24.3 Å². The van der Waals surface area contributed by atoms with Crippen LogP contribution in [-0.4, -0.2) is 57.0 Å². The first-order chi connectivity index (χ1) is 16.2. The average molecular weight is 527 g/mol. The summed E-state index contributed by atoms with van der Waals surface area (Å²) in [4.78, 5) is 23.9. The van der Waals surface area contributed by atoms with Crippen molar-refractivity contribution in [1.29, 1.82) is 0 Å². The Morgan fingerprint density at radius 1 is 1.09 bits per heavy atom. The summed E-state index contributed by atoms with van der Waals surface area (Å²) in [5.41, 5.74) is 0.0963. The summed E-state index contributed by atoms with van der Waals surface area (Å²) < 4.78 is 51.0. The lowest BCUT2D eigenvalue weighted by Crippen LogP contribution is -2.38. The van der Waals surface area contributed by atoms with Crippen LogP contribution in [0.5, 0.6) is 5.75 Å². The molecule has 0 spiro atoms. The highest BCUT2D eigenvalue weighted by Gasteiger charge is 2.28. The van der Waals surface area contributed by atoms with Gasteiger partial charge in [0.2, 0.25) is 11.0 Å². The number of amides is 1. The highest BCUT2D eigenvalue weighted by atomic mass is 32.2. The summed E-state index contributed by atoms with van der Waals surface area (Å²) >= 11 is 2.10. The van der Waals surface area contributed by atoms with Crippen LogP contribution in [0.2, 0.25) is 0 Å². The first kappa shape index (κ1) is 25.4. The maximum absolute atomic E-state index is 13.4. The number of hydrogen-bond acceptors (Lipinski definition) is 10. The number of hydrogen-bond donors (Lipinski definition) is 1. The molecule has 3 aromatic rings. The Morgan fingerprint density at radius 2 is 1.76 bits per heavy atom. The molecule has 0 saturated carbocycles. The molecule has 0 unspecified atom stereocenters. The molecule has 3 rings (SSSR count). The van der Waals surface area contributed by atoms with E-state index in [0.29, 0.717) is 10.1 Å². The molecular weight excluding hydrogens is 507 g/mol. The molecule has 1 N–H and O–H groups in total. The van der Waals surface area contributed by atoms with E-state index in [9.17, 15) is 22.4 Å². The number of nitrogens with one attached hydrogen (secondary N) is 1. The van der Waals surface area contributed by atoms with Gasteiger partial charge in [0.15, 0.2) is 4.34 Å². The van der Waals surface area contributed by atoms with Gasteiger partial charge in [0.1, 0.15) is 18.1 Å². The minimum absolute atomic E-state index is 0.0253. The van der Waals surface area contributed by atoms with Gasteiger partial charge in [-0.05, 0) is 48.5 Å². The standard InChI is InChI=1S/C20H19FN4O6S3/c1-30-15-7-9-16(10-8-15)34(28,29)25(14-5-3-13(21)4-6-14)11-17(26)22-19-23-24-20(33-19)32-12-18(27)31-2/h3-10H,11-12H2,1-2H3,(H,22,23,26). The number of sulfonamides is 1. The molecule has 2 aromatic carbocycles. The van der Waals surface area contributed by atoms with Crippen LogP contribution in [0.4, 0.5) is 15.2 Å². The number of esters is 1. The number of ether oxygens (including phenoxy) is 2. The molecule has 10 nitrogen and oxygen atoms in total.